The molecule has 1 radical (unpaired) electrons. The summed E-state index contributed by atoms with van der Waals surface area (Å²) >= 11 is 0. The molecule has 0 fully saturated rings. The quantitative estimate of drug-likeness (QED) is 0.593. The Hall–Kier alpha value is -0.755. The van der Waals surface area contributed by atoms with Crippen molar-refractivity contribution in [2.24, 2.45) is 0 Å². The third-order valence-corrected chi connectivity index (χ3v) is 2.20. The fourth-order valence-electron chi connectivity index (χ4n) is 1.55. The van der Waals surface area contributed by atoms with Gasteiger partial charge in [-0.3, -0.25) is 0 Å². The van der Waals surface area contributed by atoms with Crippen molar-refractivity contribution in [1.82, 2.24) is 0 Å². The first-order valence-corrected chi connectivity index (χ1v) is 4.47. The van der Waals surface area contributed by atoms with E-state index in [2.05, 4.69) is 25.1 Å². The van der Waals surface area contributed by atoms with Crippen molar-refractivity contribution in [2.45, 2.75) is 26.4 Å². The normalized spacial score (nSPS) is 14.1. The highest BCUT2D eigenvalue weighted by atomic mass is 16.4. The van der Waals surface area contributed by atoms with Gasteiger partial charge in [-0.15, -0.1) is 0 Å². The van der Waals surface area contributed by atoms with Gasteiger partial charge >= 0.3 is 7.48 Å². The second-order valence-electron chi connectivity index (χ2n) is 3.21. The Kier molecular flexibility index (Phi) is 2.18. The molecule has 1 aromatic rings. The summed E-state index contributed by atoms with van der Waals surface area (Å²) < 4.78 is 5.22. The van der Waals surface area contributed by atoms with E-state index in [9.17, 15) is 0 Å². The van der Waals surface area contributed by atoms with E-state index in [0.29, 0.717) is 0 Å². The fourth-order valence-corrected chi connectivity index (χ4v) is 1.55. The molecular formula is C10H12BO. The zero-order valence-corrected chi connectivity index (χ0v) is 7.34. The van der Waals surface area contributed by atoms with Crippen LogP contribution in [0.2, 0.25) is 0 Å². The second kappa shape index (κ2) is 3.32. The van der Waals surface area contributed by atoms with Gasteiger partial charge in [0, 0.05) is 0 Å². The lowest BCUT2D eigenvalue weighted by molar-refractivity contribution is 0.345. The van der Waals surface area contributed by atoms with Gasteiger partial charge in [0.1, 0.15) is 0 Å². The van der Waals surface area contributed by atoms with Gasteiger partial charge in [-0.2, -0.15) is 0 Å². The van der Waals surface area contributed by atoms with Gasteiger partial charge in [-0.1, -0.05) is 31.5 Å². The van der Waals surface area contributed by atoms with Crippen LogP contribution < -0.4 is 5.46 Å². The molecule has 2 heteroatoms. The smallest absolute Gasteiger partial charge is 0.330 e. The van der Waals surface area contributed by atoms with Gasteiger partial charge in [0.25, 0.3) is 0 Å². The van der Waals surface area contributed by atoms with Crippen molar-refractivity contribution in [1.29, 1.82) is 0 Å². The first-order chi connectivity index (χ1) is 5.90. The Morgan fingerprint density at radius 2 is 2.42 bits per heavy atom. The minimum atomic E-state index is 0.752. The van der Waals surface area contributed by atoms with E-state index >= 15 is 0 Å². The van der Waals surface area contributed by atoms with Crippen LogP contribution in [-0.2, 0) is 17.7 Å². The van der Waals surface area contributed by atoms with E-state index in [1.807, 2.05) is 7.48 Å². The zero-order chi connectivity index (χ0) is 8.39. The molecule has 1 aromatic carbocycles. The summed E-state index contributed by atoms with van der Waals surface area (Å²) in [7, 11) is 1.86. The molecule has 0 N–H and O–H groups in total. The molecule has 1 nitrogen and oxygen atoms in total. The van der Waals surface area contributed by atoms with E-state index in [0.717, 1.165) is 6.61 Å². The average molecular weight is 159 g/mol. The lowest BCUT2D eigenvalue weighted by Gasteiger charge is -2.01. The predicted molar refractivity (Wildman–Crippen MR) is 50.6 cm³/mol. The van der Waals surface area contributed by atoms with Crippen LogP contribution in [0.4, 0.5) is 0 Å². The molecule has 1 aliphatic rings. The summed E-state index contributed by atoms with van der Waals surface area (Å²) in [5, 5.41) is 0. The van der Waals surface area contributed by atoms with Crippen molar-refractivity contribution in [3.8, 4) is 0 Å². The summed E-state index contributed by atoms with van der Waals surface area (Å²) in [5.41, 5.74) is 3.99. The Labute approximate surface area is 74.0 Å². The Morgan fingerprint density at radius 3 is 3.25 bits per heavy atom. The van der Waals surface area contributed by atoms with E-state index in [1.165, 1.54) is 29.4 Å². The molecule has 0 bridgehead atoms. The number of hydrogen-bond donors (Lipinski definition) is 0. The molecule has 1 aliphatic heterocycles. The van der Waals surface area contributed by atoms with Crippen molar-refractivity contribution in [2.75, 3.05) is 0 Å². The van der Waals surface area contributed by atoms with E-state index in [-0.39, 0.29) is 0 Å². The molecule has 0 saturated carbocycles. The molecule has 0 atom stereocenters. The van der Waals surface area contributed by atoms with Gasteiger partial charge in [-0.25, -0.2) is 0 Å². The molecule has 12 heavy (non-hydrogen) atoms. The minimum absolute atomic E-state index is 0.752. The van der Waals surface area contributed by atoms with Crippen LogP contribution in [0.15, 0.2) is 18.2 Å². The number of benzene rings is 1. The average Bonchev–Trinajstić information content (AvgIpc) is 2.51. The van der Waals surface area contributed by atoms with Crippen LogP contribution >= 0.6 is 0 Å². The maximum atomic E-state index is 5.22. The standard InChI is InChI=1S/C10H12BO/c1-2-3-8-4-5-9-7-12-11-10(9)6-8/h4-6H,2-3,7H2,1H3. The summed E-state index contributed by atoms with van der Waals surface area (Å²) in [4.78, 5) is 0. The summed E-state index contributed by atoms with van der Waals surface area (Å²) in [6.45, 7) is 2.95. The van der Waals surface area contributed by atoms with Crippen molar-refractivity contribution in [3.05, 3.63) is 29.3 Å². The third kappa shape index (κ3) is 1.39. The molecule has 1 heterocycles. The Morgan fingerprint density at radius 1 is 1.50 bits per heavy atom. The van der Waals surface area contributed by atoms with Crippen LogP contribution in [0.25, 0.3) is 0 Å². The predicted octanol–water partition coefficient (Wildman–Crippen LogP) is 1.41. The lowest BCUT2D eigenvalue weighted by Crippen LogP contribution is -2.11. The molecule has 0 amide bonds. The van der Waals surface area contributed by atoms with Crippen LogP contribution in [0.3, 0.4) is 0 Å². The largest absolute Gasteiger partial charge is 0.430 e. The molecule has 0 spiro atoms. The first-order valence-electron chi connectivity index (χ1n) is 4.47. The second-order valence-corrected chi connectivity index (χ2v) is 3.21. The van der Waals surface area contributed by atoms with E-state index < -0.39 is 0 Å². The van der Waals surface area contributed by atoms with E-state index in [1.54, 1.807) is 0 Å². The summed E-state index contributed by atoms with van der Waals surface area (Å²) in [6.07, 6.45) is 2.38. The SMILES string of the molecule is CCCc1ccc2c(c1)[B]OC2. The first kappa shape index (κ1) is 7.87. The zero-order valence-electron chi connectivity index (χ0n) is 7.34. The van der Waals surface area contributed by atoms with Crippen LogP contribution in [0, 0.1) is 0 Å². The van der Waals surface area contributed by atoms with Crippen molar-refractivity contribution < 1.29 is 4.65 Å². The molecular weight excluding hydrogens is 147 g/mol. The number of rotatable bonds is 2. The lowest BCUT2D eigenvalue weighted by atomic mass is 9.85. The highest BCUT2D eigenvalue weighted by Gasteiger charge is 2.12. The maximum Gasteiger partial charge on any atom is 0.330 e. The highest BCUT2D eigenvalue weighted by molar-refractivity contribution is 6.48. The Bertz CT molecular complexity index is 283. The molecule has 0 aliphatic carbocycles. The van der Waals surface area contributed by atoms with Crippen LogP contribution in [0.5, 0.6) is 0 Å². The minimum Gasteiger partial charge on any atom is -0.430 e. The van der Waals surface area contributed by atoms with Gasteiger partial charge in [0.05, 0.1) is 6.61 Å². The summed E-state index contributed by atoms with van der Waals surface area (Å²) in [6, 6.07) is 6.60. The van der Waals surface area contributed by atoms with Crippen molar-refractivity contribution in [3.63, 3.8) is 0 Å². The van der Waals surface area contributed by atoms with Crippen LogP contribution in [0.1, 0.15) is 24.5 Å². The molecule has 0 saturated heterocycles. The Balaban J connectivity index is 2.26. The van der Waals surface area contributed by atoms with Gasteiger partial charge < -0.3 is 4.65 Å². The molecule has 0 unspecified atom stereocenters. The van der Waals surface area contributed by atoms with Gasteiger partial charge in [0.15, 0.2) is 0 Å². The maximum absolute atomic E-state index is 5.22. The molecule has 0 aromatic heterocycles. The van der Waals surface area contributed by atoms with Crippen molar-refractivity contribution >= 4 is 12.9 Å². The van der Waals surface area contributed by atoms with Gasteiger partial charge in [0.2, 0.25) is 0 Å². The topological polar surface area (TPSA) is 9.23 Å². The monoisotopic (exact) mass is 159 g/mol. The van der Waals surface area contributed by atoms with E-state index in [4.69, 9.17) is 4.65 Å². The highest BCUT2D eigenvalue weighted by Crippen LogP contribution is 2.09. The van der Waals surface area contributed by atoms with Gasteiger partial charge in [-0.05, 0) is 23.0 Å². The summed E-state index contributed by atoms with van der Waals surface area (Å²) in [5.74, 6) is 0. The number of fused-ring (bicyclic) bond motifs is 1. The molecule has 2 rings (SSSR count). The number of hydrogen-bond acceptors (Lipinski definition) is 1. The third-order valence-electron chi connectivity index (χ3n) is 2.20. The number of aryl methyl sites for hydroxylation is 1. The van der Waals surface area contributed by atoms with Crippen LogP contribution in [-0.4, -0.2) is 7.48 Å². The fraction of sp³-hybridized carbons (Fsp3) is 0.400. The molecule has 61 valence electrons.